The number of hydrogen-bond donors (Lipinski definition) is 2. The number of benzene rings is 2. The molecule has 5 heteroatoms. The van der Waals surface area contributed by atoms with Crippen molar-refractivity contribution in [1.82, 2.24) is 0 Å². The van der Waals surface area contributed by atoms with Gasteiger partial charge in [0.2, 0.25) is 5.91 Å². The smallest absolute Gasteiger partial charge is 0.228 e. The molecule has 3 nitrogen and oxygen atoms in total. The Bertz CT molecular complexity index is 641. The molecule has 0 aliphatic heterocycles. The zero-order valence-electron chi connectivity index (χ0n) is 10.9. The lowest BCUT2D eigenvalue weighted by molar-refractivity contribution is -0.115. The van der Waals surface area contributed by atoms with Crippen molar-refractivity contribution in [3.05, 3.63) is 57.8 Å². The molecule has 0 saturated heterocycles. The number of anilines is 2. The van der Waals surface area contributed by atoms with Crippen LogP contribution in [-0.2, 0) is 11.2 Å². The predicted molar refractivity (Wildman–Crippen MR) is 82.0 cm³/mol. The second kappa shape index (κ2) is 6.05. The summed E-state index contributed by atoms with van der Waals surface area (Å²) in [4.78, 5) is 11.9. The Balaban J connectivity index is 2.08. The first-order chi connectivity index (χ1) is 9.45. The predicted octanol–water partition coefficient (Wildman–Crippen LogP) is 3.66. The van der Waals surface area contributed by atoms with Crippen LogP contribution < -0.4 is 11.1 Å². The van der Waals surface area contributed by atoms with E-state index in [4.69, 9.17) is 5.73 Å². The van der Waals surface area contributed by atoms with E-state index in [-0.39, 0.29) is 12.3 Å². The van der Waals surface area contributed by atoms with Gasteiger partial charge in [0.1, 0.15) is 5.82 Å². The molecule has 20 heavy (non-hydrogen) atoms. The molecule has 3 N–H and O–H groups in total. The summed E-state index contributed by atoms with van der Waals surface area (Å²) in [5.74, 6) is -0.599. The molecule has 0 saturated carbocycles. The van der Waals surface area contributed by atoms with Crippen molar-refractivity contribution in [3.63, 3.8) is 0 Å². The minimum absolute atomic E-state index is 0.195. The number of nitrogens with one attached hydrogen (secondary N) is 1. The molecule has 0 fully saturated rings. The second-order valence-corrected chi connectivity index (χ2v) is 5.40. The quantitative estimate of drug-likeness (QED) is 0.840. The summed E-state index contributed by atoms with van der Waals surface area (Å²) in [5.41, 5.74) is 8.36. The highest BCUT2D eigenvalue weighted by Crippen LogP contribution is 2.24. The number of aryl methyl sites for hydroxylation is 1. The van der Waals surface area contributed by atoms with Gasteiger partial charge in [-0.2, -0.15) is 0 Å². The fourth-order valence-electron chi connectivity index (χ4n) is 1.80. The van der Waals surface area contributed by atoms with Crippen LogP contribution in [0, 0.1) is 12.7 Å². The molecular formula is C15H14BrFN2O. The molecule has 0 aliphatic carbocycles. The molecule has 0 aliphatic rings. The molecule has 0 spiro atoms. The van der Waals surface area contributed by atoms with Crippen molar-refractivity contribution < 1.29 is 9.18 Å². The fraction of sp³-hybridized carbons (Fsp3) is 0.133. The average molecular weight is 337 g/mol. The number of carbonyl (C=O) groups excluding carboxylic acids is 1. The standard InChI is InChI=1S/C15H14BrFN2O/c1-9-6-12(16)13(17)8-14(9)19-15(20)7-10-2-4-11(18)5-3-10/h2-6,8H,7,18H2,1H3,(H,19,20). The van der Waals surface area contributed by atoms with Crippen molar-refractivity contribution in [2.24, 2.45) is 0 Å². The lowest BCUT2D eigenvalue weighted by Gasteiger charge is -2.09. The lowest BCUT2D eigenvalue weighted by Crippen LogP contribution is -2.15. The maximum atomic E-state index is 13.5. The van der Waals surface area contributed by atoms with Gasteiger partial charge in [0, 0.05) is 11.4 Å². The van der Waals surface area contributed by atoms with Gasteiger partial charge in [-0.1, -0.05) is 12.1 Å². The zero-order chi connectivity index (χ0) is 14.7. The van der Waals surface area contributed by atoms with E-state index in [2.05, 4.69) is 21.2 Å². The third-order valence-corrected chi connectivity index (χ3v) is 3.49. The van der Waals surface area contributed by atoms with Crippen LogP contribution in [-0.4, -0.2) is 5.91 Å². The largest absolute Gasteiger partial charge is 0.399 e. The normalized spacial score (nSPS) is 10.3. The molecule has 2 aromatic carbocycles. The van der Waals surface area contributed by atoms with Crippen LogP contribution in [0.25, 0.3) is 0 Å². The van der Waals surface area contributed by atoms with Gasteiger partial charge in [-0.3, -0.25) is 4.79 Å². The Kier molecular flexibility index (Phi) is 4.39. The summed E-state index contributed by atoms with van der Waals surface area (Å²) in [7, 11) is 0. The molecule has 104 valence electrons. The van der Waals surface area contributed by atoms with Gasteiger partial charge < -0.3 is 11.1 Å². The third kappa shape index (κ3) is 3.57. The van der Waals surface area contributed by atoms with Crippen LogP contribution in [0.1, 0.15) is 11.1 Å². The van der Waals surface area contributed by atoms with Crippen LogP contribution in [0.15, 0.2) is 40.9 Å². The van der Waals surface area contributed by atoms with Gasteiger partial charge in [0.05, 0.1) is 10.9 Å². The van der Waals surface area contributed by atoms with Gasteiger partial charge in [-0.25, -0.2) is 4.39 Å². The fourth-order valence-corrected chi connectivity index (χ4v) is 2.25. The summed E-state index contributed by atoms with van der Waals surface area (Å²) < 4.78 is 13.8. The van der Waals surface area contributed by atoms with Crippen LogP contribution in [0.5, 0.6) is 0 Å². The Labute approximate surface area is 125 Å². The Hall–Kier alpha value is -1.88. The van der Waals surface area contributed by atoms with Gasteiger partial charge in [-0.05, 0) is 58.2 Å². The van der Waals surface area contributed by atoms with Crippen molar-refractivity contribution in [1.29, 1.82) is 0 Å². The van der Waals surface area contributed by atoms with E-state index in [1.54, 1.807) is 30.3 Å². The summed E-state index contributed by atoms with van der Waals surface area (Å²) in [6, 6.07) is 10.0. The van der Waals surface area contributed by atoms with Gasteiger partial charge in [0.15, 0.2) is 0 Å². The third-order valence-electron chi connectivity index (χ3n) is 2.89. The topological polar surface area (TPSA) is 55.1 Å². The van der Waals surface area contributed by atoms with E-state index in [9.17, 15) is 9.18 Å². The Morgan fingerprint density at radius 2 is 1.95 bits per heavy atom. The lowest BCUT2D eigenvalue weighted by atomic mass is 10.1. The SMILES string of the molecule is Cc1cc(Br)c(F)cc1NC(=O)Cc1ccc(N)cc1. The van der Waals surface area contributed by atoms with E-state index >= 15 is 0 Å². The number of carbonyl (C=O) groups is 1. The zero-order valence-corrected chi connectivity index (χ0v) is 12.5. The maximum Gasteiger partial charge on any atom is 0.228 e. The molecule has 0 unspecified atom stereocenters. The van der Waals surface area contributed by atoms with Gasteiger partial charge in [0.25, 0.3) is 0 Å². The van der Waals surface area contributed by atoms with Crippen molar-refractivity contribution in [2.45, 2.75) is 13.3 Å². The first-order valence-electron chi connectivity index (χ1n) is 6.05. The summed E-state index contributed by atoms with van der Waals surface area (Å²) >= 11 is 3.11. The summed E-state index contributed by atoms with van der Waals surface area (Å²) in [5, 5.41) is 2.71. The van der Waals surface area contributed by atoms with Gasteiger partial charge in [-0.15, -0.1) is 0 Å². The molecule has 0 atom stereocenters. The molecule has 0 bridgehead atoms. The molecule has 0 heterocycles. The first kappa shape index (κ1) is 14.5. The van der Waals surface area contributed by atoms with E-state index in [1.807, 2.05) is 6.92 Å². The van der Waals surface area contributed by atoms with E-state index < -0.39 is 5.82 Å². The summed E-state index contributed by atoms with van der Waals surface area (Å²) in [6.45, 7) is 1.81. The molecule has 0 radical (unpaired) electrons. The van der Waals surface area contributed by atoms with Crippen LogP contribution in [0.2, 0.25) is 0 Å². The highest BCUT2D eigenvalue weighted by atomic mass is 79.9. The van der Waals surface area contributed by atoms with Crippen LogP contribution in [0.4, 0.5) is 15.8 Å². The minimum atomic E-state index is -0.404. The van der Waals surface area contributed by atoms with Crippen molar-refractivity contribution >= 4 is 33.2 Å². The maximum absolute atomic E-state index is 13.5. The molecule has 2 rings (SSSR count). The van der Waals surface area contributed by atoms with E-state index in [0.29, 0.717) is 15.8 Å². The number of nitrogen functional groups attached to an aromatic ring is 1. The molecule has 1 amide bonds. The minimum Gasteiger partial charge on any atom is -0.399 e. The van der Waals surface area contributed by atoms with E-state index in [1.165, 1.54) is 6.07 Å². The van der Waals surface area contributed by atoms with Crippen molar-refractivity contribution in [2.75, 3.05) is 11.1 Å². The highest BCUT2D eigenvalue weighted by molar-refractivity contribution is 9.10. The average Bonchev–Trinajstić information content (AvgIpc) is 2.39. The summed E-state index contributed by atoms with van der Waals surface area (Å²) in [6.07, 6.45) is 0.220. The first-order valence-corrected chi connectivity index (χ1v) is 6.85. The Morgan fingerprint density at radius 3 is 2.60 bits per heavy atom. The van der Waals surface area contributed by atoms with E-state index in [0.717, 1.165) is 11.1 Å². The van der Waals surface area contributed by atoms with Crippen molar-refractivity contribution in [3.8, 4) is 0 Å². The number of hydrogen-bond acceptors (Lipinski definition) is 2. The molecular weight excluding hydrogens is 323 g/mol. The second-order valence-electron chi connectivity index (χ2n) is 4.55. The molecule has 0 aromatic heterocycles. The highest BCUT2D eigenvalue weighted by Gasteiger charge is 2.09. The Morgan fingerprint density at radius 1 is 1.30 bits per heavy atom. The monoisotopic (exact) mass is 336 g/mol. The number of amides is 1. The van der Waals surface area contributed by atoms with Crippen LogP contribution >= 0.6 is 15.9 Å². The number of rotatable bonds is 3. The van der Waals surface area contributed by atoms with Crippen LogP contribution in [0.3, 0.4) is 0 Å². The number of halogens is 2. The number of nitrogens with two attached hydrogens (primary N) is 1. The molecule has 2 aromatic rings. The van der Waals surface area contributed by atoms with Gasteiger partial charge >= 0.3 is 0 Å².